The molecule has 29 heavy (non-hydrogen) atoms. The van der Waals surface area contributed by atoms with E-state index in [2.05, 4.69) is 41.9 Å². The number of hydrogen-bond acceptors (Lipinski definition) is 4. The van der Waals surface area contributed by atoms with Crippen molar-refractivity contribution in [2.24, 2.45) is 11.8 Å². The fourth-order valence-electron chi connectivity index (χ4n) is 4.52. The first-order valence-electron chi connectivity index (χ1n) is 10.2. The summed E-state index contributed by atoms with van der Waals surface area (Å²) >= 11 is 4.39. The molecule has 1 amide bonds. The Kier molecular flexibility index (Phi) is 7.30. The predicted octanol–water partition coefficient (Wildman–Crippen LogP) is 4.66. The van der Waals surface area contributed by atoms with Crippen LogP contribution in [0, 0.1) is 24.6 Å². The molecule has 0 radical (unpaired) electrons. The van der Waals surface area contributed by atoms with E-state index in [0.29, 0.717) is 34.5 Å². The summed E-state index contributed by atoms with van der Waals surface area (Å²) in [7, 11) is 4.18. The molecule has 1 fully saturated rings. The minimum absolute atomic E-state index is 0.0970. The van der Waals surface area contributed by atoms with Crippen molar-refractivity contribution >= 4 is 18.5 Å². The first-order chi connectivity index (χ1) is 13.9. The van der Waals surface area contributed by atoms with Crippen LogP contribution < -0.4 is 5.32 Å². The van der Waals surface area contributed by atoms with Gasteiger partial charge in [-0.15, -0.1) is 12.6 Å². The van der Waals surface area contributed by atoms with Crippen molar-refractivity contribution < 1.29 is 9.18 Å². The largest absolute Gasteiger partial charge is 0.352 e. The van der Waals surface area contributed by atoms with E-state index in [0.717, 1.165) is 25.7 Å². The number of hydrogen-bond donors (Lipinski definition) is 2. The first-order valence-corrected chi connectivity index (χ1v) is 10.7. The van der Waals surface area contributed by atoms with Crippen LogP contribution in [0.2, 0.25) is 0 Å². The summed E-state index contributed by atoms with van der Waals surface area (Å²) in [6.07, 6.45) is 6.03. The van der Waals surface area contributed by atoms with Gasteiger partial charge in [-0.25, -0.2) is 4.39 Å². The second-order valence-electron chi connectivity index (χ2n) is 8.24. The average molecular weight is 416 g/mol. The minimum atomic E-state index is -0.195. The van der Waals surface area contributed by atoms with Crippen molar-refractivity contribution in [2.45, 2.75) is 43.5 Å². The standard InChI is InChI=1S/C23H30FN3OS/c1-15-21(20(29)12-13-25-15)23(28)26-14-16-4-6-17(7-5-16)22(27(2)3)18-8-10-19(24)11-9-18/h8-13,16-17,22H,4-7,14H2,1-3H3,(H,25,29)(H,26,28). The number of thiol groups is 1. The molecule has 0 spiro atoms. The molecule has 156 valence electrons. The lowest BCUT2D eigenvalue weighted by Gasteiger charge is -2.37. The quantitative estimate of drug-likeness (QED) is 0.675. The second-order valence-corrected chi connectivity index (χ2v) is 8.72. The van der Waals surface area contributed by atoms with Crippen LogP contribution in [0.15, 0.2) is 41.4 Å². The second kappa shape index (κ2) is 9.72. The zero-order chi connectivity index (χ0) is 21.0. The number of nitrogens with zero attached hydrogens (tertiary/aromatic N) is 2. The molecule has 1 aliphatic rings. The molecule has 6 heteroatoms. The lowest BCUT2D eigenvalue weighted by Crippen LogP contribution is -2.35. The maximum absolute atomic E-state index is 13.3. The van der Waals surface area contributed by atoms with Crippen LogP contribution in [0.3, 0.4) is 0 Å². The number of pyridine rings is 1. The summed E-state index contributed by atoms with van der Waals surface area (Å²) in [6.45, 7) is 2.51. The summed E-state index contributed by atoms with van der Waals surface area (Å²) < 4.78 is 13.3. The van der Waals surface area contributed by atoms with E-state index in [9.17, 15) is 9.18 Å². The van der Waals surface area contributed by atoms with Crippen LogP contribution in [0.5, 0.6) is 0 Å². The van der Waals surface area contributed by atoms with Crippen LogP contribution >= 0.6 is 12.6 Å². The van der Waals surface area contributed by atoms with Crippen LogP contribution in [-0.2, 0) is 0 Å². The molecule has 3 rings (SSSR count). The van der Waals surface area contributed by atoms with Gasteiger partial charge in [0.1, 0.15) is 5.82 Å². The number of aryl methyl sites for hydroxylation is 1. The minimum Gasteiger partial charge on any atom is -0.352 e. The normalized spacial score (nSPS) is 20.5. The molecule has 1 atom stereocenters. The Morgan fingerprint density at radius 1 is 1.21 bits per heavy atom. The smallest absolute Gasteiger partial charge is 0.254 e. The van der Waals surface area contributed by atoms with Gasteiger partial charge in [0, 0.05) is 23.7 Å². The summed E-state index contributed by atoms with van der Waals surface area (Å²) in [5.74, 6) is 0.720. The molecule has 1 heterocycles. The lowest BCUT2D eigenvalue weighted by molar-refractivity contribution is 0.0930. The van der Waals surface area contributed by atoms with Crippen LogP contribution in [0.1, 0.15) is 53.3 Å². The third kappa shape index (κ3) is 5.37. The van der Waals surface area contributed by atoms with E-state index in [4.69, 9.17) is 0 Å². The molecule has 1 unspecified atom stereocenters. The van der Waals surface area contributed by atoms with Gasteiger partial charge in [-0.2, -0.15) is 0 Å². The van der Waals surface area contributed by atoms with Crippen LogP contribution in [-0.4, -0.2) is 36.4 Å². The van der Waals surface area contributed by atoms with E-state index in [1.54, 1.807) is 24.4 Å². The highest BCUT2D eigenvalue weighted by molar-refractivity contribution is 7.80. The van der Waals surface area contributed by atoms with E-state index in [1.165, 1.54) is 5.56 Å². The van der Waals surface area contributed by atoms with Gasteiger partial charge in [-0.1, -0.05) is 12.1 Å². The van der Waals surface area contributed by atoms with Gasteiger partial charge in [0.2, 0.25) is 0 Å². The van der Waals surface area contributed by atoms with Crippen molar-refractivity contribution in [3.63, 3.8) is 0 Å². The summed E-state index contributed by atoms with van der Waals surface area (Å²) in [6, 6.07) is 8.92. The third-order valence-corrected chi connectivity index (χ3v) is 6.38. The highest BCUT2D eigenvalue weighted by Crippen LogP contribution is 2.39. The zero-order valence-electron chi connectivity index (χ0n) is 17.4. The van der Waals surface area contributed by atoms with Crippen molar-refractivity contribution in [1.82, 2.24) is 15.2 Å². The van der Waals surface area contributed by atoms with Crippen LogP contribution in [0.4, 0.5) is 4.39 Å². The Hall–Kier alpha value is -1.92. The Morgan fingerprint density at radius 3 is 2.45 bits per heavy atom. The number of halogens is 1. The molecule has 0 saturated heterocycles. The van der Waals surface area contributed by atoms with Gasteiger partial charge in [-0.05, 0) is 82.3 Å². The van der Waals surface area contributed by atoms with Crippen molar-refractivity contribution in [3.8, 4) is 0 Å². The topological polar surface area (TPSA) is 45.2 Å². The van der Waals surface area contributed by atoms with Gasteiger partial charge >= 0.3 is 0 Å². The number of amides is 1. The monoisotopic (exact) mass is 415 g/mol. The molecule has 1 saturated carbocycles. The van der Waals surface area contributed by atoms with E-state index in [-0.39, 0.29) is 17.8 Å². The highest BCUT2D eigenvalue weighted by atomic mass is 32.1. The predicted molar refractivity (Wildman–Crippen MR) is 117 cm³/mol. The SMILES string of the molecule is Cc1nccc(S)c1C(=O)NCC1CCC(C(c2ccc(F)cc2)N(C)C)CC1. The fraction of sp³-hybridized carbons (Fsp3) is 0.478. The zero-order valence-corrected chi connectivity index (χ0v) is 18.3. The van der Waals surface area contributed by atoms with Gasteiger partial charge in [-0.3, -0.25) is 9.78 Å². The van der Waals surface area contributed by atoms with Gasteiger partial charge < -0.3 is 10.2 Å². The number of benzene rings is 1. The lowest BCUT2D eigenvalue weighted by atomic mass is 9.76. The Labute approximate surface area is 178 Å². The highest BCUT2D eigenvalue weighted by Gasteiger charge is 2.30. The number of nitrogens with one attached hydrogen (secondary N) is 1. The molecule has 4 nitrogen and oxygen atoms in total. The summed E-state index contributed by atoms with van der Waals surface area (Å²) in [4.78, 5) is 19.7. The fourth-order valence-corrected chi connectivity index (χ4v) is 4.85. The average Bonchev–Trinajstić information content (AvgIpc) is 2.68. The Morgan fingerprint density at radius 2 is 1.86 bits per heavy atom. The van der Waals surface area contributed by atoms with Gasteiger partial charge in [0.15, 0.2) is 0 Å². The molecule has 1 aromatic carbocycles. The molecular formula is C23H30FN3OS. The van der Waals surface area contributed by atoms with Crippen LogP contribution in [0.25, 0.3) is 0 Å². The first kappa shape index (κ1) is 21.8. The molecule has 1 aliphatic carbocycles. The number of rotatable bonds is 6. The van der Waals surface area contributed by atoms with E-state index < -0.39 is 0 Å². The van der Waals surface area contributed by atoms with Crippen molar-refractivity contribution in [2.75, 3.05) is 20.6 Å². The van der Waals surface area contributed by atoms with Crippen molar-refractivity contribution in [1.29, 1.82) is 0 Å². The number of aromatic nitrogens is 1. The molecular weight excluding hydrogens is 385 g/mol. The van der Waals surface area contributed by atoms with Gasteiger partial charge in [0.25, 0.3) is 5.91 Å². The molecule has 2 aromatic rings. The van der Waals surface area contributed by atoms with Crippen molar-refractivity contribution in [3.05, 3.63) is 59.2 Å². The molecule has 1 N–H and O–H groups in total. The van der Waals surface area contributed by atoms with E-state index in [1.807, 2.05) is 19.1 Å². The number of carbonyl (C=O) groups is 1. The number of carbonyl (C=O) groups excluding carboxylic acids is 1. The molecule has 0 aliphatic heterocycles. The molecule has 1 aromatic heterocycles. The maximum Gasteiger partial charge on any atom is 0.254 e. The summed E-state index contributed by atoms with van der Waals surface area (Å²) in [5, 5.41) is 3.08. The Bertz CT molecular complexity index is 812. The summed E-state index contributed by atoms with van der Waals surface area (Å²) in [5.41, 5.74) is 2.43. The van der Waals surface area contributed by atoms with E-state index >= 15 is 0 Å². The maximum atomic E-state index is 13.3. The molecule has 0 bridgehead atoms. The van der Waals surface area contributed by atoms with Gasteiger partial charge in [0.05, 0.1) is 11.3 Å². The third-order valence-electron chi connectivity index (χ3n) is 6.00. The Balaban J connectivity index is 1.56.